The minimum atomic E-state index is -0.0863. The number of carbonyl (C=O) groups is 1. The smallest absolute Gasteiger partial charge is 0.230 e. The normalized spacial score (nSPS) is 13.8. The Morgan fingerprint density at radius 3 is 2.67 bits per heavy atom. The van der Waals surface area contributed by atoms with Gasteiger partial charge in [-0.3, -0.25) is 4.79 Å². The zero-order valence-corrected chi connectivity index (χ0v) is 19.9. The molecule has 0 aliphatic heterocycles. The number of rotatable bonds is 8. The van der Waals surface area contributed by atoms with Crippen LogP contribution >= 0.6 is 11.8 Å². The zero-order chi connectivity index (χ0) is 23.4. The molecule has 0 fully saturated rings. The second kappa shape index (κ2) is 10.2. The maximum atomic E-state index is 12.6. The summed E-state index contributed by atoms with van der Waals surface area (Å²) in [6.07, 6.45) is 4.76. The van der Waals surface area contributed by atoms with Crippen molar-refractivity contribution >= 4 is 17.7 Å². The number of aryl methyl sites for hydroxylation is 2. The Morgan fingerprint density at radius 2 is 1.91 bits per heavy atom. The number of hydrogen-bond donors (Lipinski definition) is 2. The number of thioether (sulfide) groups is 1. The average Bonchev–Trinajstić information content (AvgIpc) is 3.21. The average molecular weight is 468 g/mol. The van der Waals surface area contributed by atoms with Crippen LogP contribution in [-0.4, -0.2) is 40.8 Å². The van der Waals surface area contributed by atoms with E-state index in [9.17, 15) is 4.79 Å². The molecule has 2 aromatic carbocycles. The van der Waals surface area contributed by atoms with E-state index in [1.54, 1.807) is 26.4 Å². The van der Waals surface area contributed by atoms with Crippen LogP contribution in [0.25, 0.3) is 11.4 Å². The Labute approximate surface area is 197 Å². The van der Waals surface area contributed by atoms with Crippen molar-refractivity contribution in [2.24, 2.45) is 0 Å². The summed E-state index contributed by atoms with van der Waals surface area (Å²) in [4.78, 5) is 12.6. The minimum absolute atomic E-state index is 0.0693. The molecule has 1 aliphatic carbocycles. The van der Waals surface area contributed by atoms with Crippen molar-refractivity contribution in [1.29, 1.82) is 0 Å². The van der Waals surface area contributed by atoms with E-state index in [0.29, 0.717) is 28.0 Å². The number of hydrogen-bond acceptors (Lipinski definition) is 7. The number of benzene rings is 2. The third-order valence-corrected chi connectivity index (χ3v) is 6.84. The van der Waals surface area contributed by atoms with Gasteiger partial charge < -0.3 is 20.6 Å². The number of nitrogens with two attached hydrogens (primary N) is 1. The molecule has 33 heavy (non-hydrogen) atoms. The number of fused-ring (bicyclic) bond motifs is 1. The third kappa shape index (κ3) is 5.08. The molecule has 0 saturated carbocycles. The molecule has 8 nitrogen and oxygen atoms in total. The molecule has 0 saturated heterocycles. The molecule has 0 radical (unpaired) electrons. The molecule has 4 rings (SSSR count). The Kier molecular flexibility index (Phi) is 7.08. The highest BCUT2D eigenvalue weighted by molar-refractivity contribution is 7.99. The predicted octanol–water partition coefficient (Wildman–Crippen LogP) is 3.52. The quantitative estimate of drug-likeness (QED) is 0.386. The molecule has 0 unspecified atom stereocenters. The summed E-state index contributed by atoms with van der Waals surface area (Å²) in [6.45, 7) is 2.01. The summed E-state index contributed by atoms with van der Waals surface area (Å²) >= 11 is 1.24. The fraction of sp³-hybridized carbons (Fsp3) is 0.375. The third-order valence-electron chi connectivity index (χ3n) is 5.90. The highest BCUT2D eigenvalue weighted by Crippen LogP contribution is 2.33. The van der Waals surface area contributed by atoms with Gasteiger partial charge in [-0.15, -0.1) is 10.2 Å². The molecule has 3 N–H and O–H groups in total. The monoisotopic (exact) mass is 467 g/mol. The first-order chi connectivity index (χ1) is 16.0. The van der Waals surface area contributed by atoms with Gasteiger partial charge in [-0.2, -0.15) is 0 Å². The molecule has 0 spiro atoms. The van der Waals surface area contributed by atoms with Gasteiger partial charge in [0.05, 0.1) is 31.6 Å². The summed E-state index contributed by atoms with van der Waals surface area (Å²) in [5.74, 6) is 8.00. The van der Waals surface area contributed by atoms with E-state index in [1.807, 2.05) is 13.0 Å². The van der Waals surface area contributed by atoms with Crippen LogP contribution in [0.2, 0.25) is 0 Å². The number of nitrogens with zero attached hydrogens (tertiary/aromatic N) is 3. The lowest BCUT2D eigenvalue weighted by Gasteiger charge is -2.20. The lowest BCUT2D eigenvalue weighted by atomic mass is 9.89. The summed E-state index contributed by atoms with van der Waals surface area (Å²) in [5.41, 5.74) is 4.66. The van der Waals surface area contributed by atoms with Crippen molar-refractivity contribution < 1.29 is 14.3 Å². The van der Waals surface area contributed by atoms with Crippen molar-refractivity contribution in [2.75, 3.05) is 25.8 Å². The Morgan fingerprint density at radius 1 is 1.12 bits per heavy atom. The van der Waals surface area contributed by atoms with E-state index in [-0.39, 0.29) is 17.7 Å². The van der Waals surface area contributed by atoms with Crippen LogP contribution < -0.4 is 20.6 Å². The number of carbonyl (C=O) groups excluding carboxylic acids is 1. The Balaban J connectivity index is 1.39. The van der Waals surface area contributed by atoms with Crippen molar-refractivity contribution in [3.05, 3.63) is 53.1 Å². The van der Waals surface area contributed by atoms with Crippen LogP contribution in [0.1, 0.15) is 42.5 Å². The van der Waals surface area contributed by atoms with Crippen LogP contribution in [-0.2, 0) is 17.6 Å². The fourth-order valence-corrected chi connectivity index (χ4v) is 4.73. The maximum Gasteiger partial charge on any atom is 0.230 e. The van der Waals surface area contributed by atoms with Gasteiger partial charge in [0.25, 0.3) is 0 Å². The summed E-state index contributed by atoms with van der Waals surface area (Å²) in [7, 11) is 3.16. The largest absolute Gasteiger partial charge is 0.497 e. The van der Waals surface area contributed by atoms with Crippen LogP contribution in [0.15, 0.2) is 41.6 Å². The van der Waals surface area contributed by atoms with E-state index in [2.05, 4.69) is 33.7 Å². The number of methoxy groups -OCH3 is 2. The first kappa shape index (κ1) is 23.0. The van der Waals surface area contributed by atoms with E-state index >= 15 is 0 Å². The van der Waals surface area contributed by atoms with Crippen molar-refractivity contribution in [3.8, 4) is 22.9 Å². The van der Waals surface area contributed by atoms with Gasteiger partial charge in [-0.1, -0.05) is 30.0 Å². The van der Waals surface area contributed by atoms with Gasteiger partial charge in [0, 0.05) is 6.07 Å². The van der Waals surface area contributed by atoms with Crippen LogP contribution in [0.5, 0.6) is 11.5 Å². The maximum absolute atomic E-state index is 12.6. The standard InChI is InChI=1S/C24H29N5O3S/c1-15(17-9-8-16-6-4-5-7-18(16)12-17)26-22(30)14-33-24-28-27-23(29(24)25)20-11-10-19(31-2)13-21(20)32-3/h8-13,15H,4-7,14,25H2,1-3H3,(H,26,30)/t15-/m1/s1. The van der Waals surface area contributed by atoms with Crippen molar-refractivity contribution in [1.82, 2.24) is 20.2 Å². The fourth-order valence-electron chi connectivity index (χ4n) is 4.06. The number of nitrogen functional groups attached to an aromatic ring is 1. The van der Waals surface area contributed by atoms with Gasteiger partial charge in [-0.05, 0) is 61.4 Å². The zero-order valence-electron chi connectivity index (χ0n) is 19.1. The predicted molar refractivity (Wildman–Crippen MR) is 129 cm³/mol. The molecule has 1 amide bonds. The van der Waals surface area contributed by atoms with E-state index < -0.39 is 0 Å². The minimum Gasteiger partial charge on any atom is -0.497 e. The molecule has 174 valence electrons. The second-order valence-corrected chi connectivity index (χ2v) is 9.00. The summed E-state index contributed by atoms with van der Waals surface area (Å²) in [5, 5.41) is 11.9. The van der Waals surface area contributed by atoms with E-state index in [1.165, 1.54) is 40.4 Å². The molecular formula is C24H29N5O3S. The van der Waals surface area contributed by atoms with Gasteiger partial charge in [-0.25, -0.2) is 4.68 Å². The lowest BCUT2D eigenvalue weighted by molar-refractivity contribution is -0.119. The first-order valence-corrected chi connectivity index (χ1v) is 12.0. The molecule has 1 aliphatic rings. The second-order valence-electron chi connectivity index (χ2n) is 8.06. The van der Waals surface area contributed by atoms with Gasteiger partial charge >= 0.3 is 0 Å². The molecule has 0 bridgehead atoms. The van der Waals surface area contributed by atoms with Gasteiger partial charge in [0.2, 0.25) is 11.1 Å². The van der Waals surface area contributed by atoms with Crippen molar-refractivity contribution in [3.63, 3.8) is 0 Å². The molecule has 1 aromatic heterocycles. The number of aromatic nitrogens is 3. The molecule has 1 atom stereocenters. The number of ether oxygens (including phenoxy) is 2. The van der Waals surface area contributed by atoms with Gasteiger partial charge in [0.1, 0.15) is 11.5 Å². The van der Waals surface area contributed by atoms with Crippen LogP contribution in [0.4, 0.5) is 0 Å². The summed E-state index contributed by atoms with van der Waals surface area (Å²) < 4.78 is 12.0. The molecule has 1 heterocycles. The van der Waals surface area contributed by atoms with Crippen molar-refractivity contribution in [2.45, 2.75) is 43.8 Å². The Hall–Kier alpha value is -3.20. The SMILES string of the molecule is COc1ccc(-c2nnc(SCC(=O)N[C@H](C)c3ccc4c(c3)CCCC4)n2N)c(OC)c1. The molecular weight excluding hydrogens is 438 g/mol. The highest BCUT2D eigenvalue weighted by atomic mass is 32.2. The van der Waals surface area contributed by atoms with Crippen LogP contribution in [0.3, 0.4) is 0 Å². The number of nitrogens with one attached hydrogen (secondary N) is 1. The van der Waals surface area contributed by atoms with E-state index in [0.717, 1.165) is 18.4 Å². The topological polar surface area (TPSA) is 104 Å². The van der Waals surface area contributed by atoms with E-state index in [4.69, 9.17) is 15.3 Å². The molecule has 9 heteroatoms. The van der Waals surface area contributed by atoms with Crippen LogP contribution in [0, 0.1) is 0 Å². The molecule has 3 aromatic rings. The highest BCUT2D eigenvalue weighted by Gasteiger charge is 2.19. The summed E-state index contributed by atoms with van der Waals surface area (Å²) in [6, 6.07) is 11.9. The first-order valence-electron chi connectivity index (χ1n) is 11.0. The Bertz CT molecular complexity index is 1150. The lowest BCUT2D eigenvalue weighted by Crippen LogP contribution is -2.28. The number of amides is 1. The van der Waals surface area contributed by atoms with Gasteiger partial charge in [0.15, 0.2) is 5.82 Å².